The second-order valence-electron chi connectivity index (χ2n) is 8.95. The van der Waals surface area contributed by atoms with Crippen molar-refractivity contribution >= 4 is 29.1 Å². The van der Waals surface area contributed by atoms with Gasteiger partial charge in [0.1, 0.15) is 0 Å². The van der Waals surface area contributed by atoms with Gasteiger partial charge in [0, 0.05) is 11.1 Å². The van der Waals surface area contributed by atoms with Gasteiger partial charge in [-0.25, -0.2) is 4.90 Å². The number of nitrogens with zero attached hydrogens (tertiary/aromatic N) is 1. The molecule has 2 fully saturated rings. The molecule has 3 aromatic rings. The number of halogens is 3. The number of anilines is 1. The number of hydrogen-bond acceptors (Lipinski definition) is 5. The first kappa shape index (κ1) is 22.4. The molecular formula is C27H16F3NO5. The minimum Gasteiger partial charge on any atom is -0.349 e. The molecule has 1 aliphatic carbocycles. The van der Waals surface area contributed by atoms with Gasteiger partial charge in [0.05, 0.1) is 29.2 Å². The van der Waals surface area contributed by atoms with Crippen LogP contribution in [0, 0.1) is 11.8 Å². The molecule has 0 N–H and O–H groups in total. The highest BCUT2D eigenvalue weighted by Gasteiger charge is 2.74. The van der Waals surface area contributed by atoms with Crippen LogP contribution >= 0.6 is 0 Å². The van der Waals surface area contributed by atoms with Crippen LogP contribution in [-0.4, -0.2) is 29.0 Å². The quantitative estimate of drug-likeness (QED) is 0.392. The fourth-order valence-corrected chi connectivity index (χ4v) is 5.54. The second-order valence-corrected chi connectivity index (χ2v) is 8.95. The smallest absolute Gasteiger partial charge is 0.349 e. The molecule has 9 heteroatoms. The van der Waals surface area contributed by atoms with E-state index in [0.717, 1.165) is 12.1 Å². The van der Waals surface area contributed by atoms with Crippen molar-refractivity contribution in [1.82, 2.24) is 0 Å². The van der Waals surface area contributed by atoms with Crippen LogP contribution in [0.25, 0.3) is 0 Å². The molecular weight excluding hydrogens is 475 g/mol. The van der Waals surface area contributed by atoms with Crippen LogP contribution in [0.4, 0.5) is 18.9 Å². The first-order valence-corrected chi connectivity index (χ1v) is 11.1. The van der Waals surface area contributed by atoms with Crippen LogP contribution in [0.1, 0.15) is 37.9 Å². The summed E-state index contributed by atoms with van der Waals surface area (Å²) in [7, 11) is 0. The molecule has 0 aromatic heterocycles. The fraction of sp³-hybridized carbons (Fsp3) is 0.185. The summed E-state index contributed by atoms with van der Waals surface area (Å²) < 4.78 is 46.2. The lowest BCUT2D eigenvalue weighted by Gasteiger charge is -2.27. The average molecular weight is 491 g/mol. The van der Waals surface area contributed by atoms with E-state index in [1.807, 2.05) is 0 Å². The molecule has 0 unspecified atom stereocenters. The van der Waals surface area contributed by atoms with Crippen LogP contribution in [0.3, 0.4) is 0 Å². The molecule has 3 aliphatic rings. The molecule has 2 heterocycles. The number of rotatable bonds is 2. The number of alkyl halides is 3. The molecule has 2 saturated heterocycles. The van der Waals surface area contributed by atoms with Gasteiger partial charge in [0.25, 0.3) is 0 Å². The third-order valence-electron chi connectivity index (χ3n) is 7.08. The fourth-order valence-electron chi connectivity index (χ4n) is 5.54. The van der Waals surface area contributed by atoms with E-state index in [9.17, 15) is 32.3 Å². The average Bonchev–Trinajstić information content (AvgIpc) is 3.44. The summed E-state index contributed by atoms with van der Waals surface area (Å²) in [5.74, 6) is -6.05. The Morgan fingerprint density at radius 1 is 0.750 bits per heavy atom. The SMILES string of the molecule is O=C1[C@H]2[C@@H](c3ccccc3)OC3(C(=O)c4ccccc4C3=O)[C@@H]2C(=O)N1c1cccc(C(F)(F)F)c1. The van der Waals surface area contributed by atoms with Crippen molar-refractivity contribution in [2.75, 3.05) is 4.90 Å². The summed E-state index contributed by atoms with van der Waals surface area (Å²) in [4.78, 5) is 55.4. The number of imide groups is 1. The molecule has 6 rings (SSSR count). The number of fused-ring (bicyclic) bond motifs is 3. The number of carbonyl (C=O) groups excluding carboxylic acids is 4. The summed E-state index contributed by atoms with van der Waals surface area (Å²) in [5.41, 5.74) is -2.98. The summed E-state index contributed by atoms with van der Waals surface area (Å²) in [6.07, 6.45) is -5.83. The van der Waals surface area contributed by atoms with Crippen molar-refractivity contribution in [1.29, 1.82) is 0 Å². The molecule has 0 radical (unpaired) electrons. The first-order chi connectivity index (χ1) is 17.2. The summed E-state index contributed by atoms with van der Waals surface area (Å²) in [6, 6.07) is 18.2. The maximum absolute atomic E-state index is 13.8. The standard InChI is InChI=1S/C27H16F3NO5/c28-27(29,30)15-9-6-10-16(13-15)31-24(34)19-20(25(31)35)26(36-21(19)14-7-2-1-3-8-14)22(32)17-11-4-5-12-18(17)23(26)33/h1-13,19-21H/t19-,20+,21-/m1/s1. The van der Waals surface area contributed by atoms with Crippen molar-refractivity contribution in [3.63, 3.8) is 0 Å². The number of hydrogen-bond donors (Lipinski definition) is 0. The number of ketones is 2. The maximum atomic E-state index is 13.8. The van der Waals surface area contributed by atoms with Crippen molar-refractivity contribution < 1.29 is 37.1 Å². The minimum atomic E-state index is -4.70. The Labute approximate surface area is 202 Å². The van der Waals surface area contributed by atoms with E-state index in [-0.39, 0.29) is 16.8 Å². The predicted octanol–water partition coefficient (Wildman–Crippen LogP) is 4.40. The van der Waals surface area contributed by atoms with Gasteiger partial charge >= 0.3 is 6.18 Å². The van der Waals surface area contributed by atoms with E-state index < -0.39 is 58.7 Å². The Morgan fingerprint density at radius 2 is 1.36 bits per heavy atom. The Kier molecular flexibility index (Phi) is 4.62. The molecule has 0 saturated carbocycles. The number of carbonyl (C=O) groups is 4. The zero-order valence-electron chi connectivity index (χ0n) is 18.4. The van der Waals surface area contributed by atoms with Gasteiger partial charge in [-0.05, 0) is 23.8 Å². The van der Waals surface area contributed by atoms with E-state index >= 15 is 0 Å². The Bertz CT molecular complexity index is 1430. The number of Topliss-reactive ketones (excluding diaryl/α,β-unsaturated/α-hetero) is 2. The lowest BCUT2D eigenvalue weighted by molar-refractivity contribution is -0.137. The monoisotopic (exact) mass is 491 g/mol. The molecule has 2 amide bonds. The van der Waals surface area contributed by atoms with Crippen LogP contribution < -0.4 is 4.90 Å². The lowest BCUT2D eigenvalue weighted by atomic mass is 9.77. The van der Waals surface area contributed by atoms with E-state index in [4.69, 9.17) is 4.74 Å². The highest BCUT2D eigenvalue weighted by molar-refractivity contribution is 6.37. The number of ether oxygens (including phenoxy) is 1. The van der Waals surface area contributed by atoms with Gasteiger partial charge in [-0.3, -0.25) is 19.2 Å². The third kappa shape index (κ3) is 2.83. The van der Waals surface area contributed by atoms with Gasteiger partial charge in [-0.15, -0.1) is 0 Å². The lowest BCUT2D eigenvalue weighted by Crippen LogP contribution is -2.51. The number of benzene rings is 3. The molecule has 3 atom stereocenters. The zero-order valence-corrected chi connectivity index (χ0v) is 18.4. The van der Waals surface area contributed by atoms with Crippen molar-refractivity contribution in [2.24, 2.45) is 11.8 Å². The van der Waals surface area contributed by atoms with Crippen LogP contribution in [0.5, 0.6) is 0 Å². The molecule has 1 spiro atoms. The summed E-state index contributed by atoms with van der Waals surface area (Å²) >= 11 is 0. The van der Waals surface area contributed by atoms with Crippen molar-refractivity contribution in [3.05, 3.63) is 101 Å². The van der Waals surface area contributed by atoms with Crippen molar-refractivity contribution in [2.45, 2.75) is 17.9 Å². The third-order valence-corrected chi connectivity index (χ3v) is 7.08. The summed E-state index contributed by atoms with van der Waals surface area (Å²) in [6.45, 7) is 0. The van der Waals surface area contributed by atoms with Crippen LogP contribution in [0.2, 0.25) is 0 Å². The topological polar surface area (TPSA) is 80.8 Å². The molecule has 6 nitrogen and oxygen atoms in total. The number of amides is 2. The van der Waals surface area contributed by atoms with Gasteiger partial charge in [-0.1, -0.05) is 60.7 Å². The molecule has 180 valence electrons. The molecule has 3 aromatic carbocycles. The van der Waals surface area contributed by atoms with E-state index in [2.05, 4.69) is 0 Å². The Morgan fingerprint density at radius 3 is 1.97 bits per heavy atom. The van der Waals surface area contributed by atoms with Crippen molar-refractivity contribution in [3.8, 4) is 0 Å². The Hall–Kier alpha value is -4.11. The van der Waals surface area contributed by atoms with Gasteiger partial charge in [0.2, 0.25) is 29.0 Å². The largest absolute Gasteiger partial charge is 0.416 e. The van der Waals surface area contributed by atoms with Crippen LogP contribution in [0.15, 0.2) is 78.9 Å². The van der Waals surface area contributed by atoms with Crippen LogP contribution in [-0.2, 0) is 20.5 Å². The molecule has 0 bridgehead atoms. The Balaban J connectivity index is 1.53. The highest BCUT2D eigenvalue weighted by atomic mass is 19.4. The predicted molar refractivity (Wildman–Crippen MR) is 119 cm³/mol. The van der Waals surface area contributed by atoms with E-state index in [0.29, 0.717) is 16.5 Å². The second kappa shape index (κ2) is 7.44. The van der Waals surface area contributed by atoms with Gasteiger partial charge < -0.3 is 4.74 Å². The van der Waals surface area contributed by atoms with Gasteiger partial charge in [0.15, 0.2) is 0 Å². The summed E-state index contributed by atoms with van der Waals surface area (Å²) in [5, 5.41) is 0. The minimum absolute atomic E-state index is 0.0766. The molecule has 36 heavy (non-hydrogen) atoms. The van der Waals surface area contributed by atoms with E-state index in [1.165, 1.54) is 18.2 Å². The zero-order chi connectivity index (χ0) is 25.4. The normalized spacial score (nSPS) is 24.5. The first-order valence-electron chi connectivity index (χ1n) is 11.1. The van der Waals surface area contributed by atoms with E-state index in [1.54, 1.807) is 42.5 Å². The molecule has 2 aliphatic heterocycles. The maximum Gasteiger partial charge on any atom is 0.416 e. The van der Waals surface area contributed by atoms with Gasteiger partial charge in [-0.2, -0.15) is 13.2 Å². The highest BCUT2D eigenvalue weighted by Crippen LogP contribution is 2.57.